The Hall–Kier alpha value is -1.55. The Kier molecular flexibility index (Phi) is 5.62. The minimum Gasteiger partial charge on any atom is -0.486 e. The number of rotatable bonds is 7. The third-order valence-electron chi connectivity index (χ3n) is 3.91. The van der Waals surface area contributed by atoms with E-state index in [2.05, 4.69) is 24.5 Å². The maximum Gasteiger partial charge on any atom is 0.179 e. The molecule has 21 heavy (non-hydrogen) atoms. The first-order chi connectivity index (χ1) is 10.2. The molecule has 116 valence electrons. The summed E-state index contributed by atoms with van der Waals surface area (Å²) in [6, 6.07) is 5.51. The van der Waals surface area contributed by atoms with E-state index in [1.807, 2.05) is 25.1 Å². The summed E-state index contributed by atoms with van der Waals surface area (Å²) >= 11 is 0. The lowest BCUT2D eigenvalue weighted by atomic mass is 10.0. The van der Waals surface area contributed by atoms with Crippen LogP contribution in [0.5, 0.6) is 5.75 Å². The molecule has 0 saturated heterocycles. The van der Waals surface area contributed by atoms with Crippen LogP contribution in [0, 0.1) is 0 Å². The van der Waals surface area contributed by atoms with Crippen molar-refractivity contribution in [3.63, 3.8) is 0 Å². The summed E-state index contributed by atoms with van der Waals surface area (Å²) in [4.78, 5) is 12.4. The van der Waals surface area contributed by atoms with Crippen molar-refractivity contribution < 1.29 is 9.53 Å². The van der Waals surface area contributed by atoms with Crippen LogP contribution in [0.3, 0.4) is 0 Å². The van der Waals surface area contributed by atoms with Gasteiger partial charge in [0.05, 0.1) is 18.3 Å². The fourth-order valence-corrected chi connectivity index (χ4v) is 2.43. The predicted octanol–water partition coefficient (Wildman–Crippen LogP) is 3.23. The highest BCUT2D eigenvalue weighted by atomic mass is 16.5. The summed E-state index contributed by atoms with van der Waals surface area (Å²) in [5.74, 6) is 0.976. The molecule has 0 bridgehead atoms. The van der Waals surface area contributed by atoms with Crippen molar-refractivity contribution in [3.05, 3.63) is 23.8 Å². The summed E-state index contributed by atoms with van der Waals surface area (Å²) < 4.78 is 5.87. The number of ketones is 1. The largest absolute Gasteiger partial charge is 0.486 e. The van der Waals surface area contributed by atoms with Crippen molar-refractivity contribution in [2.24, 2.45) is 0 Å². The van der Waals surface area contributed by atoms with Crippen LogP contribution in [0.2, 0.25) is 0 Å². The van der Waals surface area contributed by atoms with E-state index in [4.69, 9.17) is 4.74 Å². The lowest BCUT2D eigenvalue weighted by Crippen LogP contribution is -2.35. The zero-order chi connectivity index (χ0) is 15.2. The van der Waals surface area contributed by atoms with E-state index in [0.717, 1.165) is 49.4 Å². The Bertz CT molecular complexity index is 488. The van der Waals surface area contributed by atoms with Crippen molar-refractivity contribution >= 4 is 11.5 Å². The minimum absolute atomic E-state index is 0.133. The van der Waals surface area contributed by atoms with Gasteiger partial charge in [-0.1, -0.05) is 20.3 Å². The average molecular weight is 290 g/mol. The van der Waals surface area contributed by atoms with Crippen LogP contribution < -0.4 is 15.4 Å². The summed E-state index contributed by atoms with van der Waals surface area (Å²) in [7, 11) is 0. The van der Waals surface area contributed by atoms with Gasteiger partial charge in [-0.3, -0.25) is 4.79 Å². The number of Topliss-reactive ketones (excluding diaryl/α,β-unsaturated/α-hetero) is 1. The maximum absolute atomic E-state index is 12.4. The smallest absolute Gasteiger partial charge is 0.179 e. The molecule has 2 unspecified atom stereocenters. The summed E-state index contributed by atoms with van der Waals surface area (Å²) in [5, 5.41) is 6.63. The molecule has 0 spiro atoms. The molecular weight excluding hydrogens is 264 g/mol. The number of fused-ring (bicyclic) bond motifs is 1. The second-order valence-corrected chi connectivity index (χ2v) is 5.63. The zero-order valence-corrected chi connectivity index (χ0v) is 13.2. The minimum atomic E-state index is -0.150. The molecule has 0 aliphatic carbocycles. The van der Waals surface area contributed by atoms with Crippen LogP contribution in [0.1, 0.15) is 50.4 Å². The second kappa shape index (κ2) is 7.46. The van der Waals surface area contributed by atoms with Gasteiger partial charge in [-0.25, -0.2) is 0 Å². The van der Waals surface area contributed by atoms with Crippen molar-refractivity contribution in [2.45, 2.75) is 52.2 Å². The summed E-state index contributed by atoms with van der Waals surface area (Å²) in [6.45, 7) is 7.86. The van der Waals surface area contributed by atoms with Gasteiger partial charge in [0.2, 0.25) is 0 Å². The molecule has 0 fully saturated rings. The van der Waals surface area contributed by atoms with E-state index < -0.39 is 0 Å². The van der Waals surface area contributed by atoms with Gasteiger partial charge in [-0.15, -0.1) is 0 Å². The number of anilines is 1. The molecule has 1 aliphatic rings. The molecule has 2 N–H and O–H groups in total. The van der Waals surface area contributed by atoms with Gasteiger partial charge in [0.25, 0.3) is 0 Å². The second-order valence-electron chi connectivity index (χ2n) is 5.63. The average Bonchev–Trinajstić information content (AvgIpc) is 2.53. The predicted molar refractivity (Wildman–Crippen MR) is 86.3 cm³/mol. The van der Waals surface area contributed by atoms with Gasteiger partial charge in [0.1, 0.15) is 11.9 Å². The molecule has 1 heterocycles. The van der Waals surface area contributed by atoms with Crippen molar-refractivity contribution in [3.8, 4) is 5.75 Å². The Morgan fingerprint density at radius 3 is 3.00 bits per heavy atom. The Labute approximate surface area is 127 Å². The molecule has 1 aromatic carbocycles. The number of unbranched alkanes of at least 4 members (excludes halogenated alkanes) is 1. The molecule has 1 aliphatic heterocycles. The normalized spacial score (nSPS) is 18.3. The number of hydrogen-bond donors (Lipinski definition) is 2. The molecule has 2 atom stereocenters. The Balaban J connectivity index is 2.03. The monoisotopic (exact) mass is 290 g/mol. The van der Waals surface area contributed by atoms with Gasteiger partial charge in [-0.2, -0.15) is 0 Å². The summed E-state index contributed by atoms with van der Waals surface area (Å²) in [6.07, 6.45) is 3.42. The number of nitrogens with one attached hydrogen (secondary N) is 2. The van der Waals surface area contributed by atoms with Crippen LogP contribution in [-0.4, -0.2) is 31.0 Å². The lowest BCUT2D eigenvalue weighted by molar-refractivity contribution is 0.0951. The third-order valence-corrected chi connectivity index (χ3v) is 3.91. The number of carbonyl (C=O) groups is 1. The maximum atomic E-state index is 12.4. The quantitative estimate of drug-likeness (QED) is 0.598. The first-order valence-corrected chi connectivity index (χ1v) is 7.97. The van der Waals surface area contributed by atoms with Crippen LogP contribution >= 0.6 is 0 Å². The fraction of sp³-hybridized carbons (Fsp3) is 0.588. The number of ether oxygens (including phenoxy) is 1. The van der Waals surface area contributed by atoms with Gasteiger partial charge >= 0.3 is 0 Å². The molecule has 2 rings (SSSR count). The van der Waals surface area contributed by atoms with E-state index in [1.54, 1.807) is 0 Å². The molecule has 1 aromatic rings. The number of benzene rings is 1. The van der Waals surface area contributed by atoms with E-state index in [-0.39, 0.29) is 17.9 Å². The SMILES string of the molecule is CCCCNC(C)C(=O)c1ccc2c(c1)NCC(CC)O2. The van der Waals surface area contributed by atoms with E-state index in [1.165, 1.54) is 0 Å². The fourth-order valence-electron chi connectivity index (χ4n) is 2.43. The highest BCUT2D eigenvalue weighted by Crippen LogP contribution is 2.30. The first kappa shape index (κ1) is 15.8. The van der Waals surface area contributed by atoms with E-state index >= 15 is 0 Å². The molecular formula is C17H26N2O2. The highest BCUT2D eigenvalue weighted by molar-refractivity contribution is 6.01. The van der Waals surface area contributed by atoms with Crippen LogP contribution in [-0.2, 0) is 0 Å². The van der Waals surface area contributed by atoms with Crippen molar-refractivity contribution in [1.29, 1.82) is 0 Å². The first-order valence-electron chi connectivity index (χ1n) is 7.97. The standard InChI is InChI=1S/C17H26N2O2/c1-4-6-9-18-12(3)17(20)13-7-8-16-15(10-13)19-11-14(5-2)21-16/h7-8,10,12,14,18-19H,4-6,9,11H2,1-3H3. The van der Waals surface area contributed by atoms with Gasteiger partial charge < -0.3 is 15.4 Å². The molecule has 0 amide bonds. The summed E-state index contributed by atoms with van der Waals surface area (Å²) in [5.41, 5.74) is 1.66. The molecule has 0 aromatic heterocycles. The Morgan fingerprint density at radius 2 is 2.29 bits per heavy atom. The van der Waals surface area contributed by atoms with E-state index in [9.17, 15) is 4.79 Å². The van der Waals surface area contributed by atoms with Crippen molar-refractivity contribution in [1.82, 2.24) is 5.32 Å². The Morgan fingerprint density at radius 1 is 1.48 bits per heavy atom. The zero-order valence-electron chi connectivity index (χ0n) is 13.2. The highest BCUT2D eigenvalue weighted by Gasteiger charge is 2.20. The number of carbonyl (C=O) groups excluding carboxylic acids is 1. The molecule has 0 radical (unpaired) electrons. The van der Waals surface area contributed by atoms with E-state index in [0.29, 0.717) is 0 Å². The van der Waals surface area contributed by atoms with Crippen LogP contribution in [0.15, 0.2) is 18.2 Å². The van der Waals surface area contributed by atoms with Gasteiger partial charge in [0.15, 0.2) is 5.78 Å². The van der Waals surface area contributed by atoms with Crippen molar-refractivity contribution in [2.75, 3.05) is 18.4 Å². The molecule has 4 heteroatoms. The lowest BCUT2D eigenvalue weighted by Gasteiger charge is -2.27. The topological polar surface area (TPSA) is 50.4 Å². The molecule has 0 saturated carbocycles. The molecule has 4 nitrogen and oxygen atoms in total. The number of hydrogen-bond acceptors (Lipinski definition) is 4. The van der Waals surface area contributed by atoms with Gasteiger partial charge in [-0.05, 0) is 44.5 Å². The van der Waals surface area contributed by atoms with Gasteiger partial charge in [0, 0.05) is 5.56 Å². The van der Waals surface area contributed by atoms with Crippen LogP contribution in [0.25, 0.3) is 0 Å². The third kappa shape index (κ3) is 3.97. The van der Waals surface area contributed by atoms with Crippen LogP contribution in [0.4, 0.5) is 5.69 Å².